The summed E-state index contributed by atoms with van der Waals surface area (Å²) in [6.45, 7) is 4.35. The Morgan fingerprint density at radius 2 is 2.32 bits per heavy atom. The Hall–Kier alpha value is -2.31. The Labute approximate surface area is 110 Å². The predicted molar refractivity (Wildman–Crippen MR) is 67.6 cm³/mol. The second-order valence-corrected chi connectivity index (χ2v) is 3.90. The minimum absolute atomic E-state index is 0.151. The third-order valence-electron chi connectivity index (χ3n) is 2.68. The summed E-state index contributed by atoms with van der Waals surface area (Å²) in [5, 5.41) is 3.63. The van der Waals surface area contributed by atoms with Crippen molar-refractivity contribution < 1.29 is 14.1 Å². The average molecular weight is 264 g/mol. The minimum Gasteiger partial charge on any atom is -0.461 e. The van der Waals surface area contributed by atoms with Gasteiger partial charge in [-0.15, -0.1) is 0 Å². The van der Waals surface area contributed by atoms with Crippen LogP contribution in [0, 0.1) is 0 Å². The number of imidazole rings is 1. The van der Waals surface area contributed by atoms with Crippen molar-refractivity contribution >= 4 is 11.8 Å². The van der Waals surface area contributed by atoms with E-state index >= 15 is 0 Å². The maximum Gasteiger partial charge on any atom is 0.360 e. The number of carbonyl (C=O) groups is 1. The van der Waals surface area contributed by atoms with Gasteiger partial charge in [0.25, 0.3) is 0 Å². The Morgan fingerprint density at radius 3 is 2.89 bits per heavy atom. The van der Waals surface area contributed by atoms with Crippen molar-refractivity contribution in [3.63, 3.8) is 0 Å². The first-order valence-electron chi connectivity index (χ1n) is 6.08. The number of nitrogens with zero attached hydrogens (tertiary/aromatic N) is 3. The summed E-state index contributed by atoms with van der Waals surface area (Å²) in [7, 11) is 0. The van der Waals surface area contributed by atoms with E-state index in [1.807, 2.05) is 6.92 Å². The van der Waals surface area contributed by atoms with E-state index in [9.17, 15) is 4.79 Å². The van der Waals surface area contributed by atoms with Crippen LogP contribution in [0.15, 0.2) is 16.8 Å². The number of nitrogens with two attached hydrogens (primary N) is 1. The highest BCUT2D eigenvalue weighted by atomic mass is 16.5. The van der Waals surface area contributed by atoms with Crippen molar-refractivity contribution in [1.29, 1.82) is 0 Å². The Balaban J connectivity index is 2.34. The van der Waals surface area contributed by atoms with Gasteiger partial charge in [-0.25, -0.2) is 9.78 Å². The smallest absolute Gasteiger partial charge is 0.360 e. The van der Waals surface area contributed by atoms with Crippen LogP contribution in [0.2, 0.25) is 0 Å². The van der Waals surface area contributed by atoms with Crippen LogP contribution in [-0.4, -0.2) is 27.3 Å². The molecule has 0 spiro atoms. The number of esters is 1. The van der Waals surface area contributed by atoms with E-state index in [4.69, 9.17) is 15.0 Å². The second-order valence-electron chi connectivity index (χ2n) is 3.90. The molecule has 7 heteroatoms. The molecule has 2 heterocycles. The molecule has 0 bridgehead atoms. The molecule has 0 saturated heterocycles. The van der Waals surface area contributed by atoms with E-state index in [2.05, 4.69) is 10.1 Å². The van der Waals surface area contributed by atoms with Gasteiger partial charge in [0.05, 0.1) is 19.3 Å². The summed E-state index contributed by atoms with van der Waals surface area (Å²) in [6, 6.07) is 1.74. The van der Waals surface area contributed by atoms with Crippen molar-refractivity contribution in [2.45, 2.75) is 26.8 Å². The molecular formula is C12H16N4O3. The van der Waals surface area contributed by atoms with E-state index in [-0.39, 0.29) is 18.1 Å². The molecule has 0 aliphatic rings. The van der Waals surface area contributed by atoms with Gasteiger partial charge in [0.15, 0.2) is 11.5 Å². The van der Waals surface area contributed by atoms with Crippen molar-refractivity contribution in [3.05, 3.63) is 29.5 Å². The second kappa shape index (κ2) is 5.55. The highest BCUT2D eigenvalue weighted by Gasteiger charge is 2.21. The van der Waals surface area contributed by atoms with E-state index < -0.39 is 5.97 Å². The number of hydrogen-bond donors (Lipinski definition) is 1. The number of aromatic nitrogens is 3. The van der Waals surface area contributed by atoms with Gasteiger partial charge in [0, 0.05) is 12.5 Å². The molecule has 2 N–H and O–H groups in total. The highest BCUT2D eigenvalue weighted by Crippen LogP contribution is 2.18. The maximum atomic E-state index is 11.7. The fourth-order valence-electron chi connectivity index (χ4n) is 1.79. The molecule has 0 aromatic carbocycles. The number of carbonyl (C=O) groups excluding carboxylic acids is 1. The third kappa shape index (κ3) is 2.59. The van der Waals surface area contributed by atoms with E-state index in [0.717, 1.165) is 0 Å². The lowest BCUT2D eigenvalue weighted by Gasteiger charge is -2.06. The molecule has 0 aliphatic carbocycles. The maximum absolute atomic E-state index is 11.7. The fourth-order valence-corrected chi connectivity index (χ4v) is 1.79. The van der Waals surface area contributed by atoms with Gasteiger partial charge in [-0.2, -0.15) is 0 Å². The lowest BCUT2D eigenvalue weighted by Crippen LogP contribution is -2.10. The molecule has 102 valence electrons. The highest BCUT2D eigenvalue weighted by molar-refractivity contribution is 5.92. The van der Waals surface area contributed by atoms with Crippen molar-refractivity contribution in [3.8, 4) is 0 Å². The standard InChI is InChI=1S/C12H16N4O3/c1-3-9-15-10(12(17)18-4-2)11(13)16(9)7-8-5-6-14-19-8/h5-6H,3-4,7,13H2,1-2H3. The first-order chi connectivity index (χ1) is 9.17. The zero-order valence-electron chi connectivity index (χ0n) is 10.9. The number of ether oxygens (including phenoxy) is 1. The van der Waals surface area contributed by atoms with Gasteiger partial charge in [0.1, 0.15) is 11.6 Å². The SMILES string of the molecule is CCOC(=O)c1nc(CC)n(Cc2ccno2)c1N. The molecule has 7 nitrogen and oxygen atoms in total. The van der Waals surface area contributed by atoms with Gasteiger partial charge in [-0.05, 0) is 6.92 Å². The van der Waals surface area contributed by atoms with Crippen molar-refractivity contribution in [2.24, 2.45) is 0 Å². The number of aryl methyl sites for hydroxylation is 1. The topological polar surface area (TPSA) is 96.2 Å². The molecule has 0 fully saturated rings. The molecule has 0 radical (unpaired) electrons. The van der Waals surface area contributed by atoms with E-state index in [1.54, 1.807) is 23.8 Å². The van der Waals surface area contributed by atoms with Crippen LogP contribution in [0.1, 0.15) is 35.9 Å². The van der Waals surface area contributed by atoms with Crippen LogP contribution in [0.3, 0.4) is 0 Å². The zero-order valence-corrected chi connectivity index (χ0v) is 10.9. The lowest BCUT2D eigenvalue weighted by molar-refractivity contribution is 0.0521. The van der Waals surface area contributed by atoms with Crippen LogP contribution < -0.4 is 5.73 Å². The van der Waals surface area contributed by atoms with E-state index in [1.165, 1.54) is 0 Å². The molecule has 0 saturated carbocycles. The molecule has 0 atom stereocenters. The van der Waals surface area contributed by atoms with Gasteiger partial charge in [0.2, 0.25) is 0 Å². The van der Waals surface area contributed by atoms with Crippen LogP contribution >= 0.6 is 0 Å². The normalized spacial score (nSPS) is 10.6. The first kappa shape index (κ1) is 13.1. The van der Waals surface area contributed by atoms with Gasteiger partial charge >= 0.3 is 5.97 Å². The molecule has 19 heavy (non-hydrogen) atoms. The Bertz CT molecular complexity index is 560. The van der Waals surface area contributed by atoms with Gasteiger partial charge in [-0.1, -0.05) is 12.1 Å². The van der Waals surface area contributed by atoms with Gasteiger partial charge < -0.3 is 19.6 Å². The molecule has 0 unspecified atom stereocenters. The van der Waals surface area contributed by atoms with Crippen molar-refractivity contribution in [1.82, 2.24) is 14.7 Å². The number of nitrogen functional groups attached to an aromatic ring is 1. The molecule has 2 rings (SSSR count). The quantitative estimate of drug-likeness (QED) is 0.816. The third-order valence-corrected chi connectivity index (χ3v) is 2.68. The average Bonchev–Trinajstić information content (AvgIpc) is 3.00. The summed E-state index contributed by atoms with van der Waals surface area (Å²) in [5.41, 5.74) is 6.12. The summed E-state index contributed by atoms with van der Waals surface area (Å²) < 4.78 is 11.7. The molecule has 2 aromatic heterocycles. The van der Waals surface area contributed by atoms with Gasteiger partial charge in [-0.3, -0.25) is 0 Å². The largest absolute Gasteiger partial charge is 0.461 e. The fraction of sp³-hybridized carbons (Fsp3) is 0.417. The number of anilines is 1. The minimum atomic E-state index is -0.508. The number of rotatable bonds is 5. The lowest BCUT2D eigenvalue weighted by atomic mass is 10.4. The van der Waals surface area contributed by atoms with Crippen LogP contribution in [0.4, 0.5) is 5.82 Å². The summed E-state index contributed by atoms with van der Waals surface area (Å²) in [5.74, 6) is 1.13. The predicted octanol–water partition coefficient (Wildman–Crippen LogP) is 1.24. The van der Waals surface area contributed by atoms with Crippen molar-refractivity contribution in [2.75, 3.05) is 12.3 Å². The summed E-state index contributed by atoms with van der Waals surface area (Å²) in [6.07, 6.45) is 2.21. The molecule has 2 aromatic rings. The summed E-state index contributed by atoms with van der Waals surface area (Å²) >= 11 is 0. The Morgan fingerprint density at radius 1 is 1.53 bits per heavy atom. The monoisotopic (exact) mass is 264 g/mol. The molecular weight excluding hydrogens is 248 g/mol. The molecule has 0 aliphatic heterocycles. The van der Waals surface area contributed by atoms with E-state index in [0.29, 0.717) is 24.6 Å². The van der Waals surface area contributed by atoms with Crippen LogP contribution in [0.5, 0.6) is 0 Å². The summed E-state index contributed by atoms with van der Waals surface area (Å²) in [4.78, 5) is 16.0. The van der Waals surface area contributed by atoms with Crippen LogP contribution in [-0.2, 0) is 17.7 Å². The molecule has 0 amide bonds. The zero-order chi connectivity index (χ0) is 13.8. The number of hydrogen-bond acceptors (Lipinski definition) is 6. The first-order valence-corrected chi connectivity index (χ1v) is 6.08. The van der Waals surface area contributed by atoms with Crippen LogP contribution in [0.25, 0.3) is 0 Å². The Kier molecular flexibility index (Phi) is 3.84.